The van der Waals surface area contributed by atoms with Crippen molar-refractivity contribution < 1.29 is 17.6 Å². The number of hydrogen-bond acceptors (Lipinski definition) is 5. The molecule has 7 nitrogen and oxygen atoms in total. The first-order valence-corrected chi connectivity index (χ1v) is 7.86. The average Bonchev–Trinajstić information content (AvgIpc) is 3.14. The summed E-state index contributed by atoms with van der Waals surface area (Å²) < 4.78 is 31.9. The molecule has 0 aliphatic heterocycles. The third kappa shape index (κ3) is 2.18. The zero-order valence-electron chi connectivity index (χ0n) is 11.6. The molecule has 3 N–H and O–H groups in total. The summed E-state index contributed by atoms with van der Waals surface area (Å²) in [5.74, 6) is -0.549. The van der Waals surface area contributed by atoms with Crippen molar-refractivity contribution in [1.29, 1.82) is 0 Å². The van der Waals surface area contributed by atoms with Crippen LogP contribution in [-0.4, -0.2) is 25.9 Å². The largest absolute Gasteiger partial charge is 0.438 e. The van der Waals surface area contributed by atoms with E-state index in [1.54, 1.807) is 30.5 Å². The van der Waals surface area contributed by atoms with E-state index in [4.69, 9.17) is 10.2 Å². The number of furan rings is 1. The minimum Gasteiger partial charge on any atom is -0.438 e. The maximum Gasteiger partial charge on any atom is 0.298 e. The van der Waals surface area contributed by atoms with Gasteiger partial charge in [-0.05, 0) is 37.4 Å². The molecule has 1 aromatic carbocycles. The van der Waals surface area contributed by atoms with Crippen LogP contribution in [-0.2, 0) is 10.0 Å². The first kappa shape index (κ1) is 14.4. The second kappa shape index (κ2) is 5.00. The minimum absolute atomic E-state index is 0.0752. The van der Waals surface area contributed by atoms with E-state index in [2.05, 4.69) is 4.72 Å². The van der Waals surface area contributed by atoms with Crippen LogP contribution in [0.5, 0.6) is 0 Å². The smallest absolute Gasteiger partial charge is 0.298 e. The van der Waals surface area contributed by atoms with E-state index in [1.807, 2.05) is 0 Å². The molecule has 22 heavy (non-hydrogen) atoms. The number of anilines is 1. The number of aromatic nitrogens is 1. The van der Waals surface area contributed by atoms with Crippen molar-refractivity contribution in [2.75, 3.05) is 12.8 Å². The molecule has 0 fully saturated rings. The van der Waals surface area contributed by atoms with Crippen molar-refractivity contribution in [3.8, 4) is 0 Å². The van der Waals surface area contributed by atoms with Crippen molar-refractivity contribution >= 4 is 32.5 Å². The van der Waals surface area contributed by atoms with Gasteiger partial charge in [-0.2, -0.15) is 0 Å². The van der Waals surface area contributed by atoms with E-state index in [0.29, 0.717) is 11.2 Å². The van der Waals surface area contributed by atoms with E-state index < -0.39 is 15.9 Å². The molecule has 2 heterocycles. The Bertz CT molecular complexity index is 969. The number of hydrogen-bond donors (Lipinski definition) is 2. The lowest BCUT2D eigenvalue weighted by Gasteiger charge is -2.02. The van der Waals surface area contributed by atoms with E-state index in [9.17, 15) is 13.2 Å². The summed E-state index contributed by atoms with van der Waals surface area (Å²) in [4.78, 5) is 12.5. The molecule has 0 aliphatic carbocycles. The Hall–Kier alpha value is -2.58. The van der Waals surface area contributed by atoms with Crippen LogP contribution in [0.25, 0.3) is 10.9 Å². The van der Waals surface area contributed by atoms with Crippen LogP contribution < -0.4 is 10.5 Å². The van der Waals surface area contributed by atoms with Gasteiger partial charge in [0, 0.05) is 17.3 Å². The van der Waals surface area contributed by atoms with Crippen molar-refractivity contribution in [2.24, 2.45) is 0 Å². The molecular formula is C14H13N3O4S. The molecule has 0 radical (unpaired) electrons. The van der Waals surface area contributed by atoms with E-state index >= 15 is 0 Å². The maximum absolute atomic E-state index is 12.5. The molecule has 3 aromatic rings. The highest BCUT2D eigenvalue weighted by atomic mass is 32.2. The summed E-state index contributed by atoms with van der Waals surface area (Å²) in [6.07, 6.45) is 1.57. The van der Waals surface area contributed by atoms with Crippen LogP contribution in [0, 0.1) is 0 Å². The summed E-state index contributed by atoms with van der Waals surface area (Å²) in [6, 6.07) is 9.50. The molecular weight excluding hydrogens is 306 g/mol. The van der Waals surface area contributed by atoms with Crippen molar-refractivity contribution in [2.45, 2.75) is 5.09 Å². The zero-order chi connectivity index (χ0) is 15.9. The van der Waals surface area contributed by atoms with Gasteiger partial charge in [0.15, 0.2) is 5.76 Å². The Labute approximate surface area is 126 Å². The van der Waals surface area contributed by atoms with Gasteiger partial charge in [0.2, 0.25) is 5.09 Å². The molecule has 8 heteroatoms. The Morgan fingerprint density at radius 3 is 2.73 bits per heavy atom. The maximum atomic E-state index is 12.5. The summed E-state index contributed by atoms with van der Waals surface area (Å²) in [5.41, 5.74) is 7.03. The molecule has 114 valence electrons. The summed E-state index contributed by atoms with van der Waals surface area (Å²) in [7, 11) is -2.46. The van der Waals surface area contributed by atoms with Gasteiger partial charge in [-0.15, -0.1) is 0 Å². The molecule has 3 rings (SSSR count). The molecule has 0 spiro atoms. The molecule has 0 atom stereocenters. The first-order valence-electron chi connectivity index (χ1n) is 6.37. The van der Waals surface area contributed by atoms with Gasteiger partial charge in [0.25, 0.3) is 15.9 Å². The van der Waals surface area contributed by atoms with E-state index in [0.717, 1.165) is 5.39 Å². The second-order valence-corrected chi connectivity index (χ2v) is 6.41. The lowest BCUT2D eigenvalue weighted by atomic mass is 10.2. The standard InChI is InChI=1S/C14H13N3O4S/c1-16-22(19,20)13-6-5-12(21-13)14(18)17-8-7-9-10(15)3-2-4-11(9)17/h2-8,16H,15H2,1H3. The van der Waals surface area contributed by atoms with Gasteiger partial charge < -0.3 is 10.2 Å². The highest BCUT2D eigenvalue weighted by Gasteiger charge is 2.21. The highest BCUT2D eigenvalue weighted by molar-refractivity contribution is 7.89. The number of sulfonamides is 1. The van der Waals surface area contributed by atoms with Crippen LogP contribution in [0.3, 0.4) is 0 Å². The average molecular weight is 319 g/mol. The Morgan fingerprint density at radius 1 is 1.23 bits per heavy atom. The zero-order valence-corrected chi connectivity index (χ0v) is 12.4. The summed E-state index contributed by atoms with van der Waals surface area (Å²) in [6.45, 7) is 0. The topological polar surface area (TPSA) is 107 Å². The molecule has 0 saturated carbocycles. The predicted molar refractivity (Wildman–Crippen MR) is 81.0 cm³/mol. The van der Waals surface area contributed by atoms with Crippen LogP contribution in [0.15, 0.2) is 52.1 Å². The van der Waals surface area contributed by atoms with Gasteiger partial charge >= 0.3 is 0 Å². The fraction of sp³-hybridized carbons (Fsp3) is 0.0714. The van der Waals surface area contributed by atoms with E-state index in [-0.39, 0.29) is 10.9 Å². The summed E-state index contributed by atoms with van der Waals surface area (Å²) in [5, 5.41) is 0.430. The number of benzene rings is 1. The van der Waals surface area contributed by atoms with Crippen molar-refractivity contribution in [3.05, 3.63) is 48.4 Å². The number of nitrogens with zero attached hydrogens (tertiary/aromatic N) is 1. The number of nitrogen functional groups attached to an aromatic ring is 1. The second-order valence-electron chi connectivity index (χ2n) is 4.60. The Kier molecular flexibility index (Phi) is 3.27. The molecule has 2 aromatic heterocycles. The van der Waals surface area contributed by atoms with Gasteiger partial charge in [0.1, 0.15) is 0 Å². The van der Waals surface area contributed by atoms with Crippen LogP contribution >= 0.6 is 0 Å². The van der Waals surface area contributed by atoms with Crippen LogP contribution in [0.1, 0.15) is 10.6 Å². The molecule has 0 bridgehead atoms. The Balaban J connectivity index is 2.06. The first-order chi connectivity index (χ1) is 10.4. The molecule has 0 saturated heterocycles. The number of carbonyl (C=O) groups is 1. The SMILES string of the molecule is CNS(=O)(=O)c1ccc(C(=O)n2ccc3c(N)cccc32)o1. The monoisotopic (exact) mass is 319 g/mol. The fourth-order valence-corrected chi connectivity index (χ4v) is 2.82. The predicted octanol–water partition coefficient (Wildman–Crippen LogP) is 1.41. The number of rotatable bonds is 3. The molecule has 0 aliphatic rings. The van der Waals surface area contributed by atoms with Crippen LogP contribution in [0.2, 0.25) is 0 Å². The number of fused-ring (bicyclic) bond motifs is 1. The third-order valence-corrected chi connectivity index (χ3v) is 4.60. The minimum atomic E-state index is -3.73. The third-order valence-electron chi connectivity index (χ3n) is 3.31. The van der Waals surface area contributed by atoms with Gasteiger partial charge in [-0.1, -0.05) is 6.07 Å². The van der Waals surface area contributed by atoms with Gasteiger partial charge in [0.05, 0.1) is 5.52 Å². The van der Waals surface area contributed by atoms with Crippen molar-refractivity contribution in [3.63, 3.8) is 0 Å². The van der Waals surface area contributed by atoms with E-state index in [1.165, 1.54) is 23.7 Å². The summed E-state index contributed by atoms with van der Waals surface area (Å²) >= 11 is 0. The van der Waals surface area contributed by atoms with Gasteiger partial charge in [-0.3, -0.25) is 9.36 Å². The number of nitrogens with two attached hydrogens (primary N) is 1. The molecule has 0 amide bonds. The molecule has 0 unspecified atom stereocenters. The number of nitrogens with one attached hydrogen (secondary N) is 1. The van der Waals surface area contributed by atoms with Crippen LogP contribution in [0.4, 0.5) is 5.69 Å². The highest BCUT2D eigenvalue weighted by Crippen LogP contribution is 2.23. The normalized spacial score (nSPS) is 11.9. The quantitative estimate of drug-likeness (QED) is 0.710. The lowest BCUT2D eigenvalue weighted by Crippen LogP contribution is -2.18. The fourth-order valence-electron chi connectivity index (χ4n) is 2.17. The number of carbonyl (C=O) groups excluding carboxylic acids is 1. The Morgan fingerprint density at radius 2 is 2.00 bits per heavy atom. The lowest BCUT2D eigenvalue weighted by molar-refractivity contribution is 0.0932. The van der Waals surface area contributed by atoms with Crippen molar-refractivity contribution in [1.82, 2.24) is 9.29 Å². The van der Waals surface area contributed by atoms with Gasteiger partial charge in [-0.25, -0.2) is 13.1 Å².